The number of carboxylic acid groups (broad SMARTS) is 1. The number of rotatable bonds is 1. The van der Waals surface area contributed by atoms with Crippen molar-refractivity contribution in [1.82, 2.24) is 0 Å². The molecule has 2 N–H and O–H groups in total. The Kier molecular flexibility index (Phi) is 13.1. The molecule has 17 heavy (non-hydrogen) atoms. The Bertz CT molecular complexity index is 312. The molecule has 6 heteroatoms. The Morgan fingerprint density at radius 2 is 1.53 bits per heavy atom. The fourth-order valence-corrected chi connectivity index (χ4v) is 1.16. The second-order valence-electron chi connectivity index (χ2n) is 3.42. The standard InChI is InChI=1S/C9H10O.C2H4O2.Co.2H3P/c10-9(6-7-9)8-4-2-1-3-5-8;1-2(3)4;;;/h1-5,10H,6-7H2;1H3,(H,3,4);;2*1H3. The van der Waals surface area contributed by atoms with Crippen molar-refractivity contribution in [2.75, 3.05) is 0 Å². The molecule has 2 atom stereocenters. The molecule has 1 aliphatic rings. The van der Waals surface area contributed by atoms with Crippen LogP contribution >= 0.6 is 19.8 Å². The van der Waals surface area contributed by atoms with Gasteiger partial charge in [-0.15, -0.1) is 0 Å². The van der Waals surface area contributed by atoms with E-state index >= 15 is 0 Å². The minimum Gasteiger partial charge on any atom is -0.481 e. The first kappa shape index (κ1) is 22.2. The maximum absolute atomic E-state index is 9.60. The van der Waals surface area contributed by atoms with Crippen LogP contribution in [0.3, 0.4) is 0 Å². The fourth-order valence-electron chi connectivity index (χ4n) is 1.16. The quantitative estimate of drug-likeness (QED) is 0.777. The summed E-state index contributed by atoms with van der Waals surface area (Å²) in [7, 11) is 0. The fraction of sp³-hybridized carbons (Fsp3) is 0.364. The number of carbonyl (C=O) groups is 1. The van der Waals surface area contributed by atoms with Gasteiger partial charge in [-0.3, -0.25) is 4.79 Å². The summed E-state index contributed by atoms with van der Waals surface area (Å²) < 4.78 is 0. The van der Waals surface area contributed by atoms with Crippen molar-refractivity contribution in [2.24, 2.45) is 0 Å². The molecule has 2 rings (SSSR count). The van der Waals surface area contributed by atoms with Gasteiger partial charge in [-0.1, -0.05) is 30.3 Å². The summed E-state index contributed by atoms with van der Waals surface area (Å²) in [5.74, 6) is -0.833. The molecule has 1 aromatic rings. The zero-order valence-electron chi connectivity index (χ0n) is 9.85. The van der Waals surface area contributed by atoms with Crippen LogP contribution in [0.4, 0.5) is 0 Å². The Hall–Kier alpha value is 0.0165. The summed E-state index contributed by atoms with van der Waals surface area (Å²) in [6, 6.07) is 9.85. The number of benzene rings is 1. The molecule has 0 aliphatic heterocycles. The van der Waals surface area contributed by atoms with Crippen LogP contribution in [0.25, 0.3) is 0 Å². The molecular formula is C11H20CoO3P2. The second kappa shape index (κ2) is 9.99. The van der Waals surface area contributed by atoms with E-state index in [0.717, 1.165) is 25.3 Å². The van der Waals surface area contributed by atoms with E-state index in [-0.39, 0.29) is 36.6 Å². The first-order valence-electron chi connectivity index (χ1n) is 4.52. The predicted molar refractivity (Wildman–Crippen MR) is 75.1 cm³/mol. The van der Waals surface area contributed by atoms with E-state index in [0.29, 0.717) is 0 Å². The van der Waals surface area contributed by atoms with Crippen LogP contribution in [0.1, 0.15) is 25.3 Å². The average molecular weight is 321 g/mol. The van der Waals surface area contributed by atoms with Crippen LogP contribution in [0.2, 0.25) is 0 Å². The van der Waals surface area contributed by atoms with Crippen LogP contribution in [-0.2, 0) is 27.2 Å². The third-order valence-electron chi connectivity index (χ3n) is 2.03. The van der Waals surface area contributed by atoms with Crippen LogP contribution in [0.15, 0.2) is 30.3 Å². The van der Waals surface area contributed by atoms with E-state index in [1.54, 1.807) is 0 Å². The summed E-state index contributed by atoms with van der Waals surface area (Å²) in [6.07, 6.45) is 1.86. The van der Waals surface area contributed by atoms with Crippen LogP contribution in [-0.4, -0.2) is 16.2 Å². The smallest absolute Gasteiger partial charge is 0.300 e. The van der Waals surface area contributed by atoms with E-state index in [1.807, 2.05) is 30.3 Å². The van der Waals surface area contributed by atoms with Gasteiger partial charge in [0.1, 0.15) is 0 Å². The molecule has 1 fully saturated rings. The van der Waals surface area contributed by atoms with Crippen LogP contribution in [0.5, 0.6) is 0 Å². The van der Waals surface area contributed by atoms with Crippen LogP contribution < -0.4 is 0 Å². The molecule has 1 saturated carbocycles. The Labute approximate surface area is 119 Å². The maximum Gasteiger partial charge on any atom is 0.300 e. The molecule has 0 saturated heterocycles. The minimum atomic E-state index is -0.833. The zero-order chi connectivity index (χ0) is 10.6. The molecular weight excluding hydrogens is 301 g/mol. The minimum absolute atomic E-state index is 0. The molecule has 0 bridgehead atoms. The van der Waals surface area contributed by atoms with Gasteiger partial charge in [0.2, 0.25) is 0 Å². The molecule has 0 heterocycles. The molecule has 1 aliphatic carbocycles. The van der Waals surface area contributed by atoms with Gasteiger partial charge in [-0.2, -0.15) is 19.8 Å². The Morgan fingerprint density at radius 3 is 1.82 bits per heavy atom. The van der Waals surface area contributed by atoms with Gasteiger partial charge >= 0.3 is 0 Å². The number of hydrogen-bond acceptors (Lipinski definition) is 2. The van der Waals surface area contributed by atoms with E-state index in [9.17, 15) is 5.11 Å². The van der Waals surface area contributed by atoms with Gasteiger partial charge < -0.3 is 10.2 Å². The normalized spacial score (nSPS) is 13.5. The molecule has 3 nitrogen and oxygen atoms in total. The SMILES string of the molecule is CC(=O)O.OC1(c2ccccc2)CC1.P.P.[Co]. The van der Waals surface area contributed by atoms with Crippen molar-refractivity contribution in [2.45, 2.75) is 25.4 Å². The summed E-state index contributed by atoms with van der Waals surface area (Å²) in [5, 5.41) is 17.0. The van der Waals surface area contributed by atoms with Crippen molar-refractivity contribution in [3.8, 4) is 0 Å². The van der Waals surface area contributed by atoms with E-state index in [1.165, 1.54) is 0 Å². The number of carboxylic acids is 1. The summed E-state index contributed by atoms with van der Waals surface area (Å²) in [5.41, 5.74) is 0.608. The summed E-state index contributed by atoms with van der Waals surface area (Å²) in [4.78, 5) is 9.00. The maximum atomic E-state index is 9.60. The molecule has 1 aromatic carbocycles. The van der Waals surface area contributed by atoms with E-state index in [4.69, 9.17) is 9.90 Å². The Balaban J connectivity index is -0.000000252. The monoisotopic (exact) mass is 321 g/mol. The first-order chi connectivity index (χ1) is 6.54. The second-order valence-corrected chi connectivity index (χ2v) is 3.42. The molecule has 2 unspecified atom stereocenters. The van der Waals surface area contributed by atoms with Crippen molar-refractivity contribution in [3.63, 3.8) is 0 Å². The third-order valence-corrected chi connectivity index (χ3v) is 2.03. The third kappa shape index (κ3) is 8.70. The molecule has 0 aromatic heterocycles. The summed E-state index contributed by atoms with van der Waals surface area (Å²) >= 11 is 0. The predicted octanol–water partition coefficient (Wildman–Crippen LogP) is 1.87. The van der Waals surface area contributed by atoms with Gasteiger partial charge in [-0.05, 0) is 18.4 Å². The number of aliphatic hydroxyl groups is 1. The zero-order valence-corrected chi connectivity index (χ0v) is 13.7. The van der Waals surface area contributed by atoms with Gasteiger partial charge in [0.15, 0.2) is 0 Å². The topological polar surface area (TPSA) is 57.5 Å². The molecule has 0 amide bonds. The number of aliphatic carboxylic acids is 1. The number of hydrogen-bond donors (Lipinski definition) is 2. The van der Waals surface area contributed by atoms with Crippen LogP contribution in [0, 0.1) is 0 Å². The van der Waals surface area contributed by atoms with Crippen molar-refractivity contribution >= 4 is 25.8 Å². The largest absolute Gasteiger partial charge is 0.481 e. The average Bonchev–Trinajstić information content (AvgIpc) is 2.86. The van der Waals surface area contributed by atoms with E-state index in [2.05, 4.69) is 0 Å². The molecule has 0 spiro atoms. The molecule has 101 valence electrons. The van der Waals surface area contributed by atoms with Crippen molar-refractivity contribution in [3.05, 3.63) is 35.9 Å². The van der Waals surface area contributed by atoms with Gasteiger partial charge in [0, 0.05) is 23.7 Å². The van der Waals surface area contributed by atoms with Crippen molar-refractivity contribution < 1.29 is 31.8 Å². The Morgan fingerprint density at radius 1 is 1.18 bits per heavy atom. The molecule has 1 radical (unpaired) electrons. The van der Waals surface area contributed by atoms with Gasteiger partial charge in [0.25, 0.3) is 5.97 Å². The van der Waals surface area contributed by atoms with Gasteiger partial charge in [-0.25, -0.2) is 0 Å². The summed E-state index contributed by atoms with van der Waals surface area (Å²) in [6.45, 7) is 1.08. The van der Waals surface area contributed by atoms with Gasteiger partial charge in [0.05, 0.1) is 5.60 Å². The first-order valence-corrected chi connectivity index (χ1v) is 4.52. The van der Waals surface area contributed by atoms with Crippen molar-refractivity contribution in [1.29, 1.82) is 0 Å². The van der Waals surface area contributed by atoms with E-state index < -0.39 is 11.6 Å².